The van der Waals surface area contributed by atoms with Crippen LogP contribution < -0.4 is 15.4 Å². The predicted octanol–water partition coefficient (Wildman–Crippen LogP) is 2.10. The molecule has 2 rings (SSSR count). The van der Waals surface area contributed by atoms with E-state index in [1.54, 1.807) is 25.8 Å². The van der Waals surface area contributed by atoms with Crippen molar-refractivity contribution >= 4 is 11.6 Å². The van der Waals surface area contributed by atoms with E-state index in [1.165, 1.54) is 0 Å². The Balaban J connectivity index is 2.39. The molecule has 0 bridgehead atoms. The van der Waals surface area contributed by atoms with Gasteiger partial charge in [0.1, 0.15) is 5.75 Å². The number of nitrogens with zero attached hydrogens (tertiary/aromatic N) is 1. The van der Waals surface area contributed by atoms with Crippen LogP contribution in [0.4, 0.5) is 5.69 Å². The van der Waals surface area contributed by atoms with Crippen molar-refractivity contribution in [3.8, 4) is 5.75 Å². The molecule has 0 fully saturated rings. The minimum Gasteiger partial charge on any atom is -0.476 e. The lowest BCUT2D eigenvalue weighted by Gasteiger charge is -2.37. The first kappa shape index (κ1) is 13.9. The number of benzene rings is 1. The molecule has 19 heavy (non-hydrogen) atoms. The van der Waals surface area contributed by atoms with Gasteiger partial charge >= 0.3 is 0 Å². The summed E-state index contributed by atoms with van der Waals surface area (Å²) in [6.07, 6.45) is 0.756. The van der Waals surface area contributed by atoms with Crippen LogP contribution in [0.3, 0.4) is 0 Å². The van der Waals surface area contributed by atoms with Crippen molar-refractivity contribution < 1.29 is 9.53 Å². The monoisotopic (exact) mass is 262 g/mol. The van der Waals surface area contributed by atoms with E-state index in [-0.39, 0.29) is 11.4 Å². The minimum absolute atomic E-state index is 0.0378. The Hall–Kier alpha value is -1.55. The average Bonchev–Trinajstić information content (AvgIpc) is 2.25. The van der Waals surface area contributed by atoms with Crippen LogP contribution >= 0.6 is 0 Å². The lowest BCUT2D eigenvalue weighted by atomic mass is 9.95. The Morgan fingerprint density at radius 3 is 2.58 bits per heavy atom. The number of rotatable bonds is 2. The van der Waals surface area contributed by atoms with Crippen LogP contribution in [0, 0.1) is 0 Å². The van der Waals surface area contributed by atoms with Gasteiger partial charge in [-0.25, -0.2) is 0 Å². The zero-order valence-electron chi connectivity index (χ0n) is 12.3. The van der Waals surface area contributed by atoms with Crippen LogP contribution in [0.1, 0.15) is 33.3 Å². The molecule has 1 aromatic rings. The molecular formula is C15H22N2O2. The third-order valence-corrected chi connectivity index (χ3v) is 3.23. The molecule has 0 spiro atoms. The zero-order valence-corrected chi connectivity index (χ0v) is 12.3. The fraction of sp³-hybridized carbons (Fsp3) is 0.533. The van der Waals surface area contributed by atoms with Crippen molar-refractivity contribution in [3.05, 3.63) is 23.8 Å². The first-order valence-corrected chi connectivity index (χ1v) is 6.49. The van der Waals surface area contributed by atoms with E-state index in [1.807, 2.05) is 32.0 Å². The Bertz CT molecular complexity index is 515. The number of fused-ring (bicyclic) bond motifs is 1. The highest BCUT2D eigenvalue weighted by atomic mass is 16.5. The van der Waals surface area contributed by atoms with Crippen molar-refractivity contribution in [2.24, 2.45) is 5.73 Å². The molecule has 0 atom stereocenters. The summed E-state index contributed by atoms with van der Waals surface area (Å²) in [5.41, 5.74) is 6.87. The number of carbonyl (C=O) groups excluding carboxylic acids is 1. The lowest BCUT2D eigenvalue weighted by Crippen LogP contribution is -2.50. The SMILES string of the molecule is CN1C(=O)C(C)(C)Oc2ccc(CC(C)(C)N)cc21. The largest absolute Gasteiger partial charge is 0.476 e. The number of amides is 1. The van der Waals surface area contributed by atoms with Crippen molar-refractivity contribution in [1.82, 2.24) is 0 Å². The summed E-state index contributed by atoms with van der Waals surface area (Å²) < 4.78 is 5.76. The summed E-state index contributed by atoms with van der Waals surface area (Å²) in [7, 11) is 1.78. The van der Waals surface area contributed by atoms with Gasteiger partial charge in [-0.2, -0.15) is 0 Å². The highest BCUT2D eigenvalue weighted by Crippen LogP contribution is 2.37. The molecule has 104 valence electrons. The summed E-state index contributed by atoms with van der Waals surface area (Å²) in [6, 6.07) is 5.91. The van der Waals surface area contributed by atoms with E-state index in [0.717, 1.165) is 23.4 Å². The molecule has 1 aliphatic rings. The van der Waals surface area contributed by atoms with E-state index in [0.29, 0.717) is 0 Å². The van der Waals surface area contributed by atoms with E-state index in [4.69, 9.17) is 10.5 Å². The maximum Gasteiger partial charge on any atom is 0.270 e. The molecule has 4 nitrogen and oxygen atoms in total. The molecule has 1 aromatic carbocycles. The van der Waals surface area contributed by atoms with Gasteiger partial charge in [0.15, 0.2) is 5.60 Å². The number of carbonyl (C=O) groups is 1. The molecule has 1 aliphatic heterocycles. The highest BCUT2D eigenvalue weighted by molar-refractivity contribution is 6.01. The smallest absolute Gasteiger partial charge is 0.270 e. The average molecular weight is 262 g/mol. The van der Waals surface area contributed by atoms with Crippen molar-refractivity contribution in [1.29, 1.82) is 0 Å². The molecule has 4 heteroatoms. The fourth-order valence-corrected chi connectivity index (χ4v) is 2.38. The summed E-state index contributed by atoms with van der Waals surface area (Å²) in [4.78, 5) is 13.8. The predicted molar refractivity (Wildman–Crippen MR) is 76.5 cm³/mol. The number of hydrogen-bond donors (Lipinski definition) is 1. The van der Waals surface area contributed by atoms with Gasteiger partial charge in [-0.05, 0) is 51.8 Å². The quantitative estimate of drug-likeness (QED) is 0.888. The van der Waals surface area contributed by atoms with Gasteiger partial charge in [-0.15, -0.1) is 0 Å². The van der Waals surface area contributed by atoms with Crippen LogP contribution in [0.2, 0.25) is 0 Å². The molecular weight excluding hydrogens is 240 g/mol. The molecule has 0 aromatic heterocycles. The topological polar surface area (TPSA) is 55.6 Å². The van der Waals surface area contributed by atoms with Crippen LogP contribution in [0.25, 0.3) is 0 Å². The highest BCUT2D eigenvalue weighted by Gasteiger charge is 2.39. The lowest BCUT2D eigenvalue weighted by molar-refractivity contribution is -0.132. The van der Waals surface area contributed by atoms with E-state index >= 15 is 0 Å². The Morgan fingerprint density at radius 1 is 1.37 bits per heavy atom. The van der Waals surface area contributed by atoms with Crippen molar-refractivity contribution in [3.63, 3.8) is 0 Å². The van der Waals surface area contributed by atoms with Crippen LogP contribution in [-0.2, 0) is 11.2 Å². The maximum absolute atomic E-state index is 12.2. The molecule has 0 saturated heterocycles. The van der Waals surface area contributed by atoms with Gasteiger partial charge in [0.25, 0.3) is 5.91 Å². The summed E-state index contributed by atoms with van der Waals surface area (Å²) >= 11 is 0. The van der Waals surface area contributed by atoms with Crippen LogP contribution in [0.5, 0.6) is 5.75 Å². The number of nitrogens with two attached hydrogens (primary N) is 1. The van der Waals surface area contributed by atoms with Gasteiger partial charge < -0.3 is 15.4 Å². The Kier molecular flexibility index (Phi) is 3.09. The molecule has 0 saturated carbocycles. The van der Waals surface area contributed by atoms with Crippen molar-refractivity contribution in [2.75, 3.05) is 11.9 Å². The summed E-state index contributed by atoms with van der Waals surface area (Å²) in [6.45, 7) is 7.54. The Morgan fingerprint density at radius 2 is 2.00 bits per heavy atom. The summed E-state index contributed by atoms with van der Waals surface area (Å²) in [5.74, 6) is 0.704. The van der Waals surface area contributed by atoms with E-state index in [2.05, 4.69) is 0 Å². The van der Waals surface area contributed by atoms with E-state index in [9.17, 15) is 4.79 Å². The van der Waals surface area contributed by atoms with Gasteiger partial charge in [0.05, 0.1) is 5.69 Å². The first-order chi connectivity index (χ1) is 8.60. The van der Waals surface area contributed by atoms with Crippen LogP contribution in [-0.4, -0.2) is 24.1 Å². The second kappa shape index (κ2) is 4.23. The second-order valence-corrected chi connectivity index (χ2v) is 6.44. The van der Waals surface area contributed by atoms with Gasteiger partial charge in [0, 0.05) is 12.6 Å². The van der Waals surface area contributed by atoms with E-state index < -0.39 is 5.60 Å². The molecule has 0 radical (unpaired) electrons. The van der Waals surface area contributed by atoms with Gasteiger partial charge in [-0.3, -0.25) is 4.79 Å². The molecule has 0 unspecified atom stereocenters. The van der Waals surface area contributed by atoms with Crippen LogP contribution in [0.15, 0.2) is 18.2 Å². The van der Waals surface area contributed by atoms with Gasteiger partial charge in [0.2, 0.25) is 0 Å². The second-order valence-electron chi connectivity index (χ2n) is 6.44. The molecule has 2 N–H and O–H groups in total. The normalized spacial score (nSPS) is 18.0. The number of anilines is 1. The fourth-order valence-electron chi connectivity index (χ4n) is 2.38. The minimum atomic E-state index is -0.809. The standard InChI is InChI=1S/C15H22N2O2/c1-14(2,16)9-10-6-7-12-11(8-10)17(5)13(18)15(3,4)19-12/h6-8H,9,16H2,1-5H3. The zero-order chi connectivity index (χ0) is 14.4. The molecule has 1 heterocycles. The maximum atomic E-state index is 12.2. The molecule has 1 amide bonds. The Labute approximate surface area is 114 Å². The third kappa shape index (κ3) is 2.73. The number of ether oxygens (including phenoxy) is 1. The summed E-state index contributed by atoms with van der Waals surface area (Å²) in [5, 5.41) is 0. The third-order valence-electron chi connectivity index (χ3n) is 3.23. The molecule has 0 aliphatic carbocycles. The van der Waals surface area contributed by atoms with Crippen molar-refractivity contribution in [2.45, 2.75) is 45.3 Å². The number of hydrogen-bond acceptors (Lipinski definition) is 3. The van der Waals surface area contributed by atoms with Gasteiger partial charge in [-0.1, -0.05) is 6.07 Å². The first-order valence-electron chi connectivity index (χ1n) is 6.49. The number of likely N-dealkylation sites (N-methyl/N-ethyl adjacent to an activating group) is 1.